The molecule has 7 nitrogen and oxygen atoms in total. The second-order valence-corrected chi connectivity index (χ2v) is 4.80. The number of para-hydroxylation sites is 1. The summed E-state index contributed by atoms with van der Waals surface area (Å²) in [6, 6.07) is 5.59. The van der Waals surface area contributed by atoms with Crippen molar-refractivity contribution in [3.05, 3.63) is 18.2 Å². The number of ether oxygens (including phenoxy) is 1. The summed E-state index contributed by atoms with van der Waals surface area (Å²) in [7, 11) is 3.40. The third kappa shape index (κ3) is 3.18. The Bertz CT molecular complexity index is 636. The normalized spacial score (nSPS) is 10.6. The summed E-state index contributed by atoms with van der Waals surface area (Å²) >= 11 is 0. The molecule has 0 unspecified atom stereocenters. The molecule has 0 bridgehead atoms. The molecular weight excluding hydrogens is 270 g/mol. The zero-order chi connectivity index (χ0) is 15.4. The first-order valence-electron chi connectivity index (χ1n) is 6.87. The minimum absolute atomic E-state index is 0.131. The Kier molecular flexibility index (Phi) is 4.52. The summed E-state index contributed by atoms with van der Waals surface area (Å²) < 4.78 is 7.42. The van der Waals surface area contributed by atoms with Crippen LogP contribution in [0.4, 0.5) is 10.7 Å². The van der Waals surface area contributed by atoms with Gasteiger partial charge in [0, 0.05) is 27.2 Å². The van der Waals surface area contributed by atoms with E-state index in [1.165, 1.54) is 4.90 Å². The number of hydrogen-bond donors (Lipinski definition) is 2. The highest BCUT2D eigenvalue weighted by Crippen LogP contribution is 2.26. The van der Waals surface area contributed by atoms with Crippen molar-refractivity contribution < 1.29 is 9.53 Å². The molecule has 114 valence electrons. The van der Waals surface area contributed by atoms with Crippen molar-refractivity contribution in [2.75, 3.05) is 33.0 Å². The number of rotatable bonds is 5. The number of nitrogens with two attached hydrogens (primary N) is 1. The minimum Gasteiger partial charge on any atom is -0.492 e. The molecule has 2 amide bonds. The molecule has 0 aliphatic heterocycles. The van der Waals surface area contributed by atoms with Gasteiger partial charge in [0.2, 0.25) is 5.95 Å². The Labute approximate surface area is 123 Å². The third-order valence-corrected chi connectivity index (χ3v) is 3.09. The zero-order valence-corrected chi connectivity index (χ0v) is 12.6. The van der Waals surface area contributed by atoms with Gasteiger partial charge in [-0.05, 0) is 19.1 Å². The number of nitrogens with one attached hydrogen (secondary N) is 1. The molecule has 1 aromatic heterocycles. The van der Waals surface area contributed by atoms with Gasteiger partial charge in [-0.3, -0.25) is 0 Å². The molecule has 0 aliphatic carbocycles. The van der Waals surface area contributed by atoms with E-state index in [1.807, 2.05) is 29.7 Å². The van der Waals surface area contributed by atoms with Crippen molar-refractivity contribution in [3.63, 3.8) is 0 Å². The Morgan fingerprint density at radius 2 is 2.24 bits per heavy atom. The lowest BCUT2D eigenvalue weighted by Gasteiger charge is -2.13. The van der Waals surface area contributed by atoms with Crippen molar-refractivity contribution in [1.82, 2.24) is 19.8 Å². The number of amides is 2. The van der Waals surface area contributed by atoms with E-state index in [4.69, 9.17) is 10.5 Å². The number of nitrogen functional groups attached to an aromatic ring is 1. The number of imidazole rings is 1. The second-order valence-electron chi connectivity index (χ2n) is 4.80. The van der Waals surface area contributed by atoms with Crippen LogP contribution >= 0.6 is 0 Å². The largest absolute Gasteiger partial charge is 0.492 e. The van der Waals surface area contributed by atoms with Gasteiger partial charge in [-0.1, -0.05) is 6.07 Å². The molecule has 0 spiro atoms. The lowest BCUT2D eigenvalue weighted by Crippen LogP contribution is -2.36. The fourth-order valence-corrected chi connectivity index (χ4v) is 2.08. The summed E-state index contributed by atoms with van der Waals surface area (Å²) in [4.78, 5) is 17.3. The van der Waals surface area contributed by atoms with Gasteiger partial charge in [-0.2, -0.15) is 0 Å². The fraction of sp³-hybridized carbons (Fsp3) is 0.429. The molecule has 3 N–H and O–H groups in total. The molecular formula is C14H21N5O2. The van der Waals surface area contributed by atoms with Crippen molar-refractivity contribution in [2.45, 2.75) is 13.5 Å². The molecule has 0 aliphatic rings. The summed E-state index contributed by atoms with van der Waals surface area (Å²) in [5.41, 5.74) is 7.61. The van der Waals surface area contributed by atoms with Crippen molar-refractivity contribution in [2.24, 2.45) is 0 Å². The van der Waals surface area contributed by atoms with Gasteiger partial charge in [-0.15, -0.1) is 0 Å². The summed E-state index contributed by atoms with van der Waals surface area (Å²) in [5, 5.41) is 2.80. The quantitative estimate of drug-likeness (QED) is 0.869. The molecule has 0 radical (unpaired) electrons. The maximum atomic E-state index is 11.5. The number of anilines is 1. The van der Waals surface area contributed by atoms with E-state index >= 15 is 0 Å². The van der Waals surface area contributed by atoms with Gasteiger partial charge in [0.05, 0.1) is 12.1 Å². The average Bonchev–Trinajstić information content (AvgIpc) is 2.76. The number of benzene rings is 1. The Morgan fingerprint density at radius 3 is 2.90 bits per heavy atom. The van der Waals surface area contributed by atoms with E-state index in [0.29, 0.717) is 25.6 Å². The van der Waals surface area contributed by atoms with Crippen LogP contribution in [0.2, 0.25) is 0 Å². The van der Waals surface area contributed by atoms with Crippen LogP contribution in [-0.2, 0) is 6.54 Å². The van der Waals surface area contributed by atoms with Gasteiger partial charge >= 0.3 is 6.03 Å². The van der Waals surface area contributed by atoms with Crippen LogP contribution in [-0.4, -0.2) is 47.7 Å². The van der Waals surface area contributed by atoms with Crippen LogP contribution in [0, 0.1) is 0 Å². The Balaban J connectivity index is 2.18. The number of aromatic nitrogens is 2. The molecule has 2 rings (SSSR count). The molecule has 0 fully saturated rings. The van der Waals surface area contributed by atoms with Crippen molar-refractivity contribution >= 4 is 23.0 Å². The first-order valence-corrected chi connectivity index (χ1v) is 6.87. The molecule has 1 heterocycles. The first-order chi connectivity index (χ1) is 10.0. The van der Waals surface area contributed by atoms with Crippen molar-refractivity contribution in [3.8, 4) is 5.75 Å². The number of fused-ring (bicyclic) bond motifs is 1. The number of carbonyl (C=O) groups is 1. The van der Waals surface area contributed by atoms with E-state index in [-0.39, 0.29) is 6.03 Å². The Hall–Kier alpha value is -2.44. The topological polar surface area (TPSA) is 85.4 Å². The van der Waals surface area contributed by atoms with Crippen LogP contribution in [0.5, 0.6) is 5.75 Å². The first kappa shape index (κ1) is 15.0. The average molecular weight is 291 g/mol. The lowest BCUT2D eigenvalue weighted by atomic mass is 10.3. The number of nitrogens with zero attached hydrogens (tertiary/aromatic N) is 3. The van der Waals surface area contributed by atoms with Crippen LogP contribution in [0.3, 0.4) is 0 Å². The van der Waals surface area contributed by atoms with E-state index < -0.39 is 0 Å². The molecule has 1 aromatic carbocycles. The van der Waals surface area contributed by atoms with Gasteiger partial charge in [0.25, 0.3) is 0 Å². The van der Waals surface area contributed by atoms with E-state index in [9.17, 15) is 4.79 Å². The highest BCUT2D eigenvalue weighted by atomic mass is 16.5. The van der Waals surface area contributed by atoms with Crippen LogP contribution in [0.15, 0.2) is 18.2 Å². The van der Waals surface area contributed by atoms with Crippen molar-refractivity contribution in [1.29, 1.82) is 0 Å². The maximum Gasteiger partial charge on any atom is 0.316 e. The summed E-state index contributed by atoms with van der Waals surface area (Å²) in [5.74, 6) is 1.13. The minimum atomic E-state index is -0.131. The highest BCUT2D eigenvalue weighted by Gasteiger charge is 2.12. The molecule has 2 aromatic rings. The van der Waals surface area contributed by atoms with E-state index in [1.54, 1.807) is 14.1 Å². The number of hydrogen-bond acceptors (Lipinski definition) is 4. The maximum absolute atomic E-state index is 11.5. The van der Waals surface area contributed by atoms with Gasteiger partial charge < -0.3 is 25.3 Å². The van der Waals surface area contributed by atoms with Crippen LogP contribution in [0.1, 0.15) is 6.92 Å². The van der Waals surface area contributed by atoms with E-state index in [0.717, 1.165) is 16.8 Å². The summed E-state index contributed by atoms with van der Waals surface area (Å²) in [6.45, 7) is 3.53. The molecule has 7 heteroatoms. The van der Waals surface area contributed by atoms with Crippen LogP contribution < -0.4 is 15.8 Å². The smallest absolute Gasteiger partial charge is 0.316 e. The predicted molar refractivity (Wildman–Crippen MR) is 82.4 cm³/mol. The standard InChI is InChI=1S/C14H21N5O2/c1-4-21-11-7-5-6-10-12(11)17-13(15)19(10)9-8-16-14(20)18(2)3/h5-7H,4,8-9H2,1-3H3,(H2,15,17)(H,16,20). The molecule has 0 saturated carbocycles. The third-order valence-electron chi connectivity index (χ3n) is 3.09. The van der Waals surface area contributed by atoms with Gasteiger partial charge in [0.15, 0.2) is 0 Å². The van der Waals surface area contributed by atoms with Gasteiger partial charge in [-0.25, -0.2) is 9.78 Å². The molecule has 0 atom stereocenters. The SMILES string of the molecule is CCOc1cccc2c1nc(N)n2CCNC(=O)N(C)C. The second kappa shape index (κ2) is 6.34. The number of urea groups is 1. The lowest BCUT2D eigenvalue weighted by molar-refractivity contribution is 0.217. The molecule has 21 heavy (non-hydrogen) atoms. The van der Waals surface area contributed by atoms with Crippen LogP contribution in [0.25, 0.3) is 11.0 Å². The monoisotopic (exact) mass is 291 g/mol. The summed E-state index contributed by atoms with van der Waals surface area (Å²) in [6.07, 6.45) is 0. The molecule has 0 saturated heterocycles. The highest BCUT2D eigenvalue weighted by molar-refractivity contribution is 5.84. The fourth-order valence-electron chi connectivity index (χ4n) is 2.08. The zero-order valence-electron chi connectivity index (χ0n) is 12.6. The predicted octanol–water partition coefficient (Wildman–Crippen LogP) is 1.29. The van der Waals surface area contributed by atoms with Gasteiger partial charge in [0.1, 0.15) is 11.3 Å². The van der Waals surface area contributed by atoms with E-state index in [2.05, 4.69) is 10.3 Å². The Morgan fingerprint density at radius 1 is 1.48 bits per heavy atom. The number of carbonyl (C=O) groups excluding carboxylic acids is 1.